The van der Waals surface area contributed by atoms with Gasteiger partial charge in [-0.1, -0.05) is 63.1 Å². The maximum absolute atomic E-state index is 2.50. The Morgan fingerprint density at radius 1 is 0.700 bits per heavy atom. The molecule has 0 unspecified atom stereocenters. The van der Waals surface area contributed by atoms with Crippen LogP contribution in [-0.2, 0) is 13.0 Å². The van der Waals surface area contributed by atoms with Crippen LogP contribution < -0.4 is 0 Å². The van der Waals surface area contributed by atoms with Crippen LogP contribution >= 0.6 is 0 Å². The average Bonchev–Trinajstić information content (AvgIpc) is 2.83. The van der Waals surface area contributed by atoms with Crippen molar-refractivity contribution < 1.29 is 0 Å². The average molecular weight is 269 g/mol. The van der Waals surface area contributed by atoms with Crippen LogP contribution in [0.25, 0.3) is 10.9 Å². The lowest BCUT2D eigenvalue weighted by molar-refractivity contribution is 0.536. The summed E-state index contributed by atoms with van der Waals surface area (Å²) in [5.74, 6) is 0. The smallest absolute Gasteiger partial charge is 0.0483 e. The van der Waals surface area contributed by atoms with E-state index in [-0.39, 0.29) is 0 Å². The number of para-hydroxylation sites is 1. The molecule has 108 valence electrons. The van der Waals surface area contributed by atoms with Crippen LogP contribution in [0.4, 0.5) is 0 Å². The van der Waals surface area contributed by atoms with Crippen LogP contribution in [-0.4, -0.2) is 4.57 Å². The van der Waals surface area contributed by atoms with Gasteiger partial charge in [-0.15, -0.1) is 0 Å². The minimum absolute atomic E-state index is 1.19. The third kappa shape index (κ3) is 3.26. The van der Waals surface area contributed by atoms with Crippen molar-refractivity contribution in [1.82, 2.24) is 4.57 Å². The van der Waals surface area contributed by atoms with E-state index in [0.29, 0.717) is 0 Å². The summed E-state index contributed by atoms with van der Waals surface area (Å²) in [5, 5.41) is 1.49. The molecule has 1 heteroatoms. The number of fused-ring (bicyclic) bond motifs is 5. The second kappa shape index (κ2) is 6.97. The van der Waals surface area contributed by atoms with E-state index in [4.69, 9.17) is 0 Å². The van der Waals surface area contributed by atoms with E-state index in [1.165, 1.54) is 81.7 Å². The lowest BCUT2D eigenvalue weighted by Crippen LogP contribution is -1.96. The number of benzene rings is 1. The van der Waals surface area contributed by atoms with Gasteiger partial charge >= 0.3 is 0 Å². The van der Waals surface area contributed by atoms with Crippen molar-refractivity contribution in [2.45, 2.75) is 70.8 Å². The number of hydrogen-bond donors (Lipinski definition) is 0. The van der Waals surface area contributed by atoms with Crippen molar-refractivity contribution in [2.75, 3.05) is 0 Å². The van der Waals surface area contributed by atoms with Crippen LogP contribution in [0.15, 0.2) is 30.5 Å². The van der Waals surface area contributed by atoms with Crippen LogP contribution in [0.5, 0.6) is 0 Å². The number of aryl methyl sites for hydroxylation is 2. The van der Waals surface area contributed by atoms with Gasteiger partial charge in [0.25, 0.3) is 0 Å². The molecule has 3 rings (SSSR count). The second-order valence-electron chi connectivity index (χ2n) is 6.30. The molecular weight excluding hydrogens is 242 g/mol. The molecule has 0 atom stereocenters. The first-order valence-corrected chi connectivity index (χ1v) is 8.52. The summed E-state index contributed by atoms with van der Waals surface area (Å²) >= 11 is 0. The SMILES string of the molecule is c1ccc2c(c1)c1cn2CCCCCCCCCCC1. The third-order valence-electron chi connectivity index (χ3n) is 4.72. The molecular formula is C19H27N. The molecule has 0 radical (unpaired) electrons. The lowest BCUT2D eigenvalue weighted by atomic mass is 10.0. The highest BCUT2D eigenvalue weighted by Crippen LogP contribution is 2.24. The van der Waals surface area contributed by atoms with Crippen molar-refractivity contribution >= 4 is 10.9 Å². The minimum Gasteiger partial charge on any atom is -0.347 e. The number of hydrogen-bond acceptors (Lipinski definition) is 0. The molecule has 0 spiro atoms. The van der Waals surface area contributed by atoms with E-state index in [1.807, 2.05) is 0 Å². The Kier molecular flexibility index (Phi) is 4.78. The van der Waals surface area contributed by atoms with Crippen molar-refractivity contribution in [3.8, 4) is 0 Å². The van der Waals surface area contributed by atoms with Gasteiger partial charge < -0.3 is 4.57 Å². The van der Waals surface area contributed by atoms with Crippen molar-refractivity contribution in [1.29, 1.82) is 0 Å². The Morgan fingerprint density at radius 2 is 1.35 bits per heavy atom. The van der Waals surface area contributed by atoms with Crippen LogP contribution in [0.3, 0.4) is 0 Å². The largest absolute Gasteiger partial charge is 0.347 e. The summed E-state index contributed by atoms with van der Waals surface area (Å²) in [4.78, 5) is 0. The predicted molar refractivity (Wildman–Crippen MR) is 87.2 cm³/mol. The maximum Gasteiger partial charge on any atom is 0.0483 e. The fraction of sp³-hybridized carbons (Fsp3) is 0.579. The molecule has 20 heavy (non-hydrogen) atoms. The highest BCUT2D eigenvalue weighted by atomic mass is 15.0. The van der Waals surface area contributed by atoms with E-state index in [0.717, 1.165) is 0 Å². The van der Waals surface area contributed by atoms with Gasteiger partial charge in [0.15, 0.2) is 0 Å². The first-order valence-electron chi connectivity index (χ1n) is 8.52. The normalized spacial score (nSPS) is 18.8. The molecule has 1 aromatic heterocycles. The Hall–Kier alpha value is -1.24. The number of nitrogens with zero attached hydrogens (tertiary/aromatic N) is 1. The van der Waals surface area contributed by atoms with Gasteiger partial charge in [0, 0.05) is 23.6 Å². The molecule has 0 N–H and O–H groups in total. The molecule has 1 aliphatic heterocycles. The van der Waals surface area contributed by atoms with E-state index >= 15 is 0 Å². The summed E-state index contributed by atoms with van der Waals surface area (Å²) in [7, 11) is 0. The molecule has 1 aromatic carbocycles. The zero-order valence-electron chi connectivity index (χ0n) is 12.6. The fourth-order valence-electron chi connectivity index (χ4n) is 3.54. The lowest BCUT2D eigenvalue weighted by Gasteiger charge is -2.06. The molecule has 0 amide bonds. The molecule has 2 bridgehead atoms. The summed E-state index contributed by atoms with van der Waals surface area (Å²) < 4.78 is 2.50. The highest BCUT2D eigenvalue weighted by Gasteiger charge is 2.08. The topological polar surface area (TPSA) is 4.93 Å². The van der Waals surface area contributed by atoms with Crippen LogP contribution in [0.2, 0.25) is 0 Å². The Labute approximate surface area is 123 Å². The number of rotatable bonds is 0. The minimum atomic E-state index is 1.19. The second-order valence-corrected chi connectivity index (χ2v) is 6.30. The van der Waals surface area contributed by atoms with E-state index in [1.54, 1.807) is 5.56 Å². The first-order chi connectivity index (χ1) is 9.95. The van der Waals surface area contributed by atoms with E-state index < -0.39 is 0 Å². The predicted octanol–water partition coefficient (Wildman–Crippen LogP) is 5.71. The van der Waals surface area contributed by atoms with Crippen LogP contribution in [0, 0.1) is 0 Å². The van der Waals surface area contributed by atoms with Gasteiger partial charge in [0.1, 0.15) is 0 Å². The molecule has 0 saturated carbocycles. The van der Waals surface area contributed by atoms with Gasteiger partial charge in [-0.05, 0) is 30.9 Å². The molecule has 1 nitrogen and oxygen atoms in total. The monoisotopic (exact) mass is 269 g/mol. The Morgan fingerprint density at radius 3 is 2.15 bits per heavy atom. The van der Waals surface area contributed by atoms with Crippen molar-refractivity contribution in [2.24, 2.45) is 0 Å². The van der Waals surface area contributed by atoms with E-state index in [9.17, 15) is 0 Å². The van der Waals surface area contributed by atoms with E-state index in [2.05, 4.69) is 35.0 Å². The van der Waals surface area contributed by atoms with Crippen LogP contribution in [0.1, 0.15) is 63.4 Å². The van der Waals surface area contributed by atoms with Gasteiger partial charge in [-0.25, -0.2) is 0 Å². The van der Waals surface area contributed by atoms with Gasteiger partial charge in [-0.3, -0.25) is 0 Å². The molecule has 2 aromatic rings. The Balaban J connectivity index is 1.82. The standard InChI is InChI=1S/C19H27N/c1-2-4-6-8-12-17-16-20(15-11-7-5-3-1)19-14-10-9-13-18(17)19/h9-10,13-14,16H,1-8,11-12,15H2. The summed E-state index contributed by atoms with van der Waals surface area (Å²) in [6.07, 6.45) is 16.4. The maximum atomic E-state index is 2.50. The third-order valence-corrected chi connectivity index (χ3v) is 4.72. The molecule has 0 fully saturated rings. The fourth-order valence-corrected chi connectivity index (χ4v) is 3.54. The zero-order chi connectivity index (χ0) is 13.6. The van der Waals surface area contributed by atoms with Gasteiger partial charge in [0.2, 0.25) is 0 Å². The molecule has 0 saturated heterocycles. The molecule has 0 aliphatic carbocycles. The first kappa shape index (κ1) is 13.7. The number of aromatic nitrogens is 1. The van der Waals surface area contributed by atoms with Gasteiger partial charge in [0.05, 0.1) is 0 Å². The van der Waals surface area contributed by atoms with Crippen molar-refractivity contribution in [3.05, 3.63) is 36.0 Å². The van der Waals surface area contributed by atoms with Crippen molar-refractivity contribution in [3.63, 3.8) is 0 Å². The summed E-state index contributed by atoms with van der Waals surface area (Å²) in [6, 6.07) is 8.96. The Bertz CT molecular complexity index is 492. The van der Waals surface area contributed by atoms with Gasteiger partial charge in [-0.2, -0.15) is 0 Å². The summed E-state index contributed by atoms with van der Waals surface area (Å²) in [5.41, 5.74) is 3.01. The molecule has 2 heterocycles. The summed E-state index contributed by atoms with van der Waals surface area (Å²) in [6.45, 7) is 1.19. The highest BCUT2D eigenvalue weighted by molar-refractivity contribution is 5.83. The molecule has 1 aliphatic rings. The zero-order valence-corrected chi connectivity index (χ0v) is 12.6. The quantitative estimate of drug-likeness (QED) is 0.577.